The second-order valence-electron chi connectivity index (χ2n) is 4.45. The normalized spacial score (nSPS) is 13.6. The second kappa shape index (κ2) is 4.90. The molecule has 2 aromatic rings. The van der Waals surface area contributed by atoms with Crippen LogP contribution in [0.5, 0.6) is 0 Å². The molecule has 0 spiro atoms. The van der Waals surface area contributed by atoms with Crippen LogP contribution in [0.1, 0.15) is 28.5 Å². The monoisotopic (exact) mass is 288 g/mol. The Morgan fingerprint density at radius 2 is 1.95 bits per heavy atom. The van der Waals surface area contributed by atoms with Crippen LogP contribution in [0, 0.1) is 12.7 Å². The molecule has 0 aliphatic carbocycles. The van der Waals surface area contributed by atoms with Crippen LogP contribution in [0.2, 0.25) is 0 Å². The fourth-order valence-electron chi connectivity index (χ4n) is 1.89. The number of halogens is 4. The van der Waals surface area contributed by atoms with Crippen LogP contribution in [0.3, 0.4) is 0 Å². The van der Waals surface area contributed by atoms with Gasteiger partial charge >= 0.3 is 6.18 Å². The van der Waals surface area contributed by atoms with Gasteiger partial charge in [-0.1, -0.05) is 6.07 Å². The van der Waals surface area contributed by atoms with Gasteiger partial charge in [-0.15, -0.1) is 0 Å². The Bertz CT molecular complexity index is 634. The van der Waals surface area contributed by atoms with Crippen molar-refractivity contribution in [2.24, 2.45) is 7.05 Å². The zero-order valence-corrected chi connectivity index (χ0v) is 10.7. The maximum atomic E-state index is 13.2. The van der Waals surface area contributed by atoms with Gasteiger partial charge in [0.1, 0.15) is 11.9 Å². The lowest BCUT2D eigenvalue weighted by molar-refractivity contribution is -0.140. The summed E-state index contributed by atoms with van der Waals surface area (Å²) in [6.45, 7) is 1.68. The summed E-state index contributed by atoms with van der Waals surface area (Å²) in [6, 6.07) is 2.45. The molecule has 1 aromatic heterocycles. The predicted molar refractivity (Wildman–Crippen MR) is 63.4 cm³/mol. The number of hydrogen-bond donors (Lipinski definition) is 1. The molecule has 1 atom stereocenters. The standard InChI is InChI=1S/C13H12F4N2O/c1-7-9(6-18-19(7)2)12(20)8-3-4-11(14)10(5-8)13(15,16)17/h3-6,12,20H,1-2H3. The van der Waals surface area contributed by atoms with E-state index in [-0.39, 0.29) is 5.56 Å². The van der Waals surface area contributed by atoms with Crippen molar-refractivity contribution < 1.29 is 22.7 Å². The molecule has 0 saturated carbocycles. The number of benzene rings is 1. The SMILES string of the molecule is Cc1c(C(O)c2ccc(F)c(C(F)(F)F)c2)cnn1C. The molecule has 0 aliphatic rings. The molecule has 0 fully saturated rings. The lowest BCUT2D eigenvalue weighted by Crippen LogP contribution is -2.10. The Kier molecular flexibility index (Phi) is 3.56. The van der Waals surface area contributed by atoms with Gasteiger partial charge in [-0.3, -0.25) is 4.68 Å². The first-order chi connectivity index (χ1) is 9.21. The summed E-state index contributed by atoms with van der Waals surface area (Å²) >= 11 is 0. The van der Waals surface area contributed by atoms with Crippen LogP contribution >= 0.6 is 0 Å². The number of nitrogens with zero attached hydrogens (tertiary/aromatic N) is 2. The van der Waals surface area contributed by atoms with Crippen molar-refractivity contribution in [2.45, 2.75) is 19.2 Å². The molecular weight excluding hydrogens is 276 g/mol. The van der Waals surface area contributed by atoms with E-state index in [2.05, 4.69) is 5.10 Å². The van der Waals surface area contributed by atoms with Gasteiger partial charge in [0.2, 0.25) is 0 Å². The number of aliphatic hydroxyl groups is 1. The average molecular weight is 288 g/mol. The fraction of sp³-hybridized carbons (Fsp3) is 0.308. The molecule has 108 valence electrons. The van der Waals surface area contributed by atoms with Gasteiger partial charge < -0.3 is 5.11 Å². The van der Waals surface area contributed by atoms with E-state index < -0.39 is 23.7 Å². The summed E-state index contributed by atoms with van der Waals surface area (Å²) in [4.78, 5) is 0. The van der Waals surface area contributed by atoms with E-state index in [9.17, 15) is 22.7 Å². The molecule has 1 heterocycles. The van der Waals surface area contributed by atoms with Gasteiger partial charge in [-0.25, -0.2) is 4.39 Å². The van der Waals surface area contributed by atoms with Crippen LogP contribution in [0.15, 0.2) is 24.4 Å². The number of aliphatic hydroxyl groups excluding tert-OH is 1. The highest BCUT2D eigenvalue weighted by Gasteiger charge is 2.34. The topological polar surface area (TPSA) is 38.1 Å². The van der Waals surface area contributed by atoms with Gasteiger partial charge in [0.05, 0.1) is 11.8 Å². The molecule has 0 saturated heterocycles. The predicted octanol–water partition coefficient (Wildman–Crippen LogP) is 2.97. The molecule has 0 amide bonds. The highest BCUT2D eigenvalue weighted by molar-refractivity contribution is 5.35. The zero-order chi connectivity index (χ0) is 15.1. The number of hydrogen-bond acceptors (Lipinski definition) is 2. The van der Waals surface area contributed by atoms with Crippen LogP contribution in [-0.2, 0) is 13.2 Å². The number of alkyl halides is 3. The maximum absolute atomic E-state index is 13.2. The number of aryl methyl sites for hydroxylation is 1. The quantitative estimate of drug-likeness (QED) is 0.863. The van der Waals surface area contributed by atoms with Gasteiger partial charge in [-0.2, -0.15) is 18.3 Å². The highest BCUT2D eigenvalue weighted by Crippen LogP contribution is 2.34. The molecule has 7 heteroatoms. The lowest BCUT2D eigenvalue weighted by atomic mass is 10.00. The summed E-state index contributed by atoms with van der Waals surface area (Å²) in [5.74, 6) is -1.36. The average Bonchev–Trinajstić information content (AvgIpc) is 2.68. The summed E-state index contributed by atoms with van der Waals surface area (Å²) in [6.07, 6.45) is -4.72. The van der Waals surface area contributed by atoms with Crippen molar-refractivity contribution in [1.29, 1.82) is 0 Å². The minimum Gasteiger partial charge on any atom is -0.384 e. The van der Waals surface area contributed by atoms with Crippen molar-refractivity contribution in [3.05, 3.63) is 52.6 Å². The molecule has 3 nitrogen and oxygen atoms in total. The molecule has 0 radical (unpaired) electrons. The van der Waals surface area contributed by atoms with Crippen LogP contribution in [-0.4, -0.2) is 14.9 Å². The Morgan fingerprint density at radius 1 is 1.30 bits per heavy atom. The maximum Gasteiger partial charge on any atom is 0.419 e. The first kappa shape index (κ1) is 14.5. The van der Waals surface area contributed by atoms with Crippen molar-refractivity contribution >= 4 is 0 Å². The van der Waals surface area contributed by atoms with Crippen molar-refractivity contribution in [3.63, 3.8) is 0 Å². The Labute approximate surface area is 112 Å². The summed E-state index contributed by atoms with van der Waals surface area (Å²) in [5.41, 5.74) is -0.423. The third kappa shape index (κ3) is 2.53. The molecule has 1 N–H and O–H groups in total. The van der Waals surface area contributed by atoms with E-state index in [1.165, 1.54) is 10.9 Å². The van der Waals surface area contributed by atoms with Gasteiger partial charge in [0.15, 0.2) is 0 Å². The molecule has 0 aliphatic heterocycles. The van der Waals surface area contributed by atoms with Gasteiger partial charge in [0, 0.05) is 18.3 Å². The van der Waals surface area contributed by atoms with E-state index in [4.69, 9.17) is 0 Å². The molecule has 20 heavy (non-hydrogen) atoms. The van der Waals surface area contributed by atoms with Gasteiger partial charge in [0.25, 0.3) is 0 Å². The van der Waals surface area contributed by atoms with Crippen LogP contribution in [0.4, 0.5) is 17.6 Å². The van der Waals surface area contributed by atoms with E-state index >= 15 is 0 Å². The van der Waals surface area contributed by atoms with Gasteiger partial charge in [-0.05, 0) is 24.6 Å². The van der Waals surface area contributed by atoms with Crippen molar-refractivity contribution in [1.82, 2.24) is 9.78 Å². The lowest BCUT2D eigenvalue weighted by Gasteiger charge is -2.14. The van der Waals surface area contributed by atoms with E-state index in [1.54, 1.807) is 14.0 Å². The number of rotatable bonds is 2. The first-order valence-electron chi connectivity index (χ1n) is 5.75. The summed E-state index contributed by atoms with van der Waals surface area (Å²) in [7, 11) is 1.65. The molecule has 1 aromatic carbocycles. The fourth-order valence-corrected chi connectivity index (χ4v) is 1.89. The Morgan fingerprint density at radius 3 is 2.45 bits per heavy atom. The highest BCUT2D eigenvalue weighted by atomic mass is 19.4. The van der Waals surface area contributed by atoms with E-state index in [0.717, 1.165) is 6.07 Å². The van der Waals surface area contributed by atoms with E-state index in [1.807, 2.05) is 0 Å². The minimum atomic E-state index is -4.80. The molecule has 2 rings (SSSR count). The zero-order valence-electron chi connectivity index (χ0n) is 10.7. The smallest absolute Gasteiger partial charge is 0.384 e. The van der Waals surface area contributed by atoms with E-state index in [0.29, 0.717) is 23.4 Å². The van der Waals surface area contributed by atoms with Crippen LogP contribution < -0.4 is 0 Å². The second-order valence-corrected chi connectivity index (χ2v) is 4.45. The third-order valence-corrected chi connectivity index (χ3v) is 3.18. The molecule has 0 bridgehead atoms. The summed E-state index contributed by atoms with van der Waals surface area (Å²) in [5, 5.41) is 14.0. The Hall–Kier alpha value is -1.89. The van der Waals surface area contributed by atoms with Crippen LogP contribution in [0.25, 0.3) is 0 Å². The minimum absolute atomic E-state index is 0.0326. The number of aromatic nitrogens is 2. The van der Waals surface area contributed by atoms with Crippen molar-refractivity contribution in [3.8, 4) is 0 Å². The van der Waals surface area contributed by atoms with Crippen molar-refractivity contribution in [2.75, 3.05) is 0 Å². The third-order valence-electron chi connectivity index (χ3n) is 3.18. The molecule has 1 unspecified atom stereocenters. The first-order valence-corrected chi connectivity index (χ1v) is 5.75. The summed E-state index contributed by atoms with van der Waals surface area (Å²) < 4.78 is 52.6. The largest absolute Gasteiger partial charge is 0.419 e. The molecular formula is C13H12F4N2O. The Balaban J connectivity index is 2.46.